The summed E-state index contributed by atoms with van der Waals surface area (Å²) in [5.41, 5.74) is 1.56. The molecule has 0 spiro atoms. The zero-order valence-electron chi connectivity index (χ0n) is 11.3. The summed E-state index contributed by atoms with van der Waals surface area (Å²) in [4.78, 5) is 19.7. The number of carbonyl (C=O) groups is 1. The van der Waals surface area contributed by atoms with Gasteiger partial charge in [-0.05, 0) is 25.0 Å². The van der Waals surface area contributed by atoms with Crippen molar-refractivity contribution in [2.24, 2.45) is 0 Å². The maximum atomic E-state index is 11.5. The van der Waals surface area contributed by atoms with Crippen LogP contribution in [0.15, 0.2) is 23.5 Å². The lowest BCUT2D eigenvalue weighted by Crippen LogP contribution is -2.22. The fourth-order valence-electron chi connectivity index (χ4n) is 2.51. The third kappa shape index (κ3) is 3.11. The van der Waals surface area contributed by atoms with Crippen molar-refractivity contribution >= 4 is 39.7 Å². The molecule has 2 aromatic rings. The Bertz CT molecular complexity index is 691. The highest BCUT2D eigenvalue weighted by molar-refractivity contribution is 7.99. The minimum absolute atomic E-state index is 0.0258. The van der Waals surface area contributed by atoms with E-state index >= 15 is 0 Å². The van der Waals surface area contributed by atoms with Gasteiger partial charge in [0.25, 0.3) is 0 Å². The Hall–Kier alpha value is -1.41. The highest BCUT2D eigenvalue weighted by atomic mass is 32.2. The Labute approximate surface area is 128 Å². The maximum absolute atomic E-state index is 11.5. The second kappa shape index (κ2) is 6.15. The summed E-state index contributed by atoms with van der Waals surface area (Å²) in [7, 11) is -0.729. The Morgan fingerprint density at radius 2 is 2.24 bits per heavy atom. The van der Waals surface area contributed by atoms with E-state index in [9.17, 15) is 9.00 Å². The van der Waals surface area contributed by atoms with E-state index < -0.39 is 16.8 Å². The standard InChI is InChI=1S/C13H15N3O3S2/c17-11(18)8-20-13-15-10-2-1-5-14-12(10)16(13)9-3-6-21(19)7-4-9/h1-2,5,9H,3-4,6-8H2,(H,17,18). The lowest BCUT2D eigenvalue weighted by atomic mass is 10.1. The minimum atomic E-state index is -0.865. The summed E-state index contributed by atoms with van der Waals surface area (Å²) < 4.78 is 13.6. The zero-order valence-corrected chi connectivity index (χ0v) is 12.9. The average Bonchev–Trinajstić information content (AvgIpc) is 2.84. The van der Waals surface area contributed by atoms with Gasteiger partial charge in [-0.15, -0.1) is 0 Å². The fraction of sp³-hybridized carbons (Fsp3) is 0.462. The highest BCUT2D eigenvalue weighted by Gasteiger charge is 2.25. The molecule has 0 bridgehead atoms. The summed E-state index contributed by atoms with van der Waals surface area (Å²) in [6.45, 7) is 0. The predicted octanol–water partition coefficient (Wildman–Crippen LogP) is 1.69. The van der Waals surface area contributed by atoms with E-state index in [1.807, 2.05) is 16.7 Å². The van der Waals surface area contributed by atoms with E-state index in [0.29, 0.717) is 16.7 Å². The molecule has 0 aromatic carbocycles. The topological polar surface area (TPSA) is 85.1 Å². The Kier molecular flexibility index (Phi) is 4.25. The number of imidazole rings is 1. The van der Waals surface area contributed by atoms with E-state index in [0.717, 1.165) is 24.0 Å². The van der Waals surface area contributed by atoms with Crippen molar-refractivity contribution in [3.05, 3.63) is 18.3 Å². The predicted molar refractivity (Wildman–Crippen MR) is 82.0 cm³/mol. The number of hydrogen-bond acceptors (Lipinski definition) is 5. The molecule has 1 aliphatic rings. The van der Waals surface area contributed by atoms with E-state index in [-0.39, 0.29) is 11.8 Å². The molecule has 0 unspecified atom stereocenters. The van der Waals surface area contributed by atoms with Gasteiger partial charge in [0.2, 0.25) is 0 Å². The van der Waals surface area contributed by atoms with Crippen LogP contribution in [0.5, 0.6) is 0 Å². The van der Waals surface area contributed by atoms with E-state index in [1.54, 1.807) is 6.20 Å². The molecule has 6 nitrogen and oxygen atoms in total. The fourth-order valence-corrected chi connectivity index (χ4v) is 4.57. The molecule has 3 heterocycles. The summed E-state index contributed by atoms with van der Waals surface area (Å²) >= 11 is 1.21. The number of nitrogens with zero attached hydrogens (tertiary/aromatic N) is 3. The number of carboxylic acids is 1. The third-order valence-corrected chi connectivity index (χ3v) is 5.78. The van der Waals surface area contributed by atoms with Gasteiger partial charge in [-0.2, -0.15) is 0 Å². The number of pyridine rings is 1. The number of thioether (sulfide) groups is 1. The number of carboxylic acid groups (broad SMARTS) is 1. The van der Waals surface area contributed by atoms with Crippen molar-refractivity contribution in [1.82, 2.24) is 14.5 Å². The molecule has 112 valence electrons. The first kappa shape index (κ1) is 14.5. The summed E-state index contributed by atoms with van der Waals surface area (Å²) in [6.07, 6.45) is 3.34. The van der Waals surface area contributed by atoms with Gasteiger partial charge >= 0.3 is 5.97 Å². The van der Waals surface area contributed by atoms with Gasteiger partial charge in [-0.25, -0.2) is 9.97 Å². The Balaban J connectivity index is 1.98. The van der Waals surface area contributed by atoms with Crippen molar-refractivity contribution in [2.45, 2.75) is 24.0 Å². The molecule has 2 aromatic heterocycles. The molecule has 1 fully saturated rings. The summed E-state index contributed by atoms with van der Waals surface area (Å²) in [5, 5.41) is 9.56. The maximum Gasteiger partial charge on any atom is 0.313 e. The van der Waals surface area contributed by atoms with Gasteiger partial charge in [-0.1, -0.05) is 11.8 Å². The van der Waals surface area contributed by atoms with E-state index in [4.69, 9.17) is 5.11 Å². The average molecular weight is 325 g/mol. The quantitative estimate of drug-likeness (QED) is 0.861. The van der Waals surface area contributed by atoms with E-state index in [1.165, 1.54) is 11.8 Å². The highest BCUT2D eigenvalue weighted by Crippen LogP contribution is 2.31. The van der Waals surface area contributed by atoms with Crippen LogP contribution in [-0.2, 0) is 15.6 Å². The van der Waals surface area contributed by atoms with Crippen LogP contribution in [0.2, 0.25) is 0 Å². The lowest BCUT2D eigenvalue weighted by molar-refractivity contribution is -0.133. The second-order valence-electron chi connectivity index (χ2n) is 4.87. The molecule has 1 N–H and O–H groups in total. The van der Waals surface area contributed by atoms with Crippen LogP contribution in [-0.4, -0.2) is 47.1 Å². The first-order valence-corrected chi connectivity index (χ1v) is 9.15. The summed E-state index contributed by atoms with van der Waals surface area (Å²) in [6, 6.07) is 3.89. The van der Waals surface area contributed by atoms with E-state index in [2.05, 4.69) is 9.97 Å². The monoisotopic (exact) mass is 325 g/mol. The molecule has 0 atom stereocenters. The largest absolute Gasteiger partial charge is 0.481 e. The van der Waals surface area contributed by atoms with Gasteiger partial charge < -0.3 is 9.67 Å². The molecular weight excluding hydrogens is 310 g/mol. The van der Waals surface area contributed by atoms with Crippen molar-refractivity contribution in [3.8, 4) is 0 Å². The van der Waals surface area contributed by atoms with Crippen LogP contribution in [0.4, 0.5) is 0 Å². The van der Waals surface area contributed by atoms with Gasteiger partial charge in [0.15, 0.2) is 10.8 Å². The first-order valence-electron chi connectivity index (χ1n) is 6.67. The van der Waals surface area contributed by atoms with Crippen molar-refractivity contribution < 1.29 is 14.1 Å². The number of aliphatic carboxylic acids is 1. The molecule has 8 heteroatoms. The SMILES string of the molecule is O=C(O)CSc1nc2cccnc2n1C1CCS(=O)CC1. The van der Waals surface area contributed by atoms with Crippen LogP contribution in [0.1, 0.15) is 18.9 Å². The van der Waals surface area contributed by atoms with Crippen LogP contribution in [0.3, 0.4) is 0 Å². The van der Waals surface area contributed by atoms with Crippen LogP contribution < -0.4 is 0 Å². The van der Waals surface area contributed by atoms with Gasteiger partial charge in [-0.3, -0.25) is 9.00 Å². The molecule has 0 aliphatic carbocycles. The molecule has 1 aliphatic heterocycles. The van der Waals surface area contributed by atoms with Crippen LogP contribution >= 0.6 is 11.8 Å². The normalized spacial score (nSPS) is 22.5. The zero-order chi connectivity index (χ0) is 14.8. The Morgan fingerprint density at radius 3 is 2.95 bits per heavy atom. The molecule has 0 amide bonds. The van der Waals surface area contributed by atoms with Crippen molar-refractivity contribution in [3.63, 3.8) is 0 Å². The second-order valence-corrected chi connectivity index (χ2v) is 7.51. The lowest BCUT2D eigenvalue weighted by Gasteiger charge is -2.24. The molecule has 21 heavy (non-hydrogen) atoms. The summed E-state index contributed by atoms with van der Waals surface area (Å²) in [5.74, 6) is 0.471. The minimum Gasteiger partial charge on any atom is -0.481 e. The van der Waals surface area contributed by atoms with Crippen LogP contribution in [0, 0.1) is 0 Å². The molecule has 3 rings (SSSR count). The molecule has 1 saturated heterocycles. The number of hydrogen-bond donors (Lipinski definition) is 1. The number of aromatic nitrogens is 3. The molecular formula is C13H15N3O3S2. The van der Waals surface area contributed by atoms with Crippen LogP contribution in [0.25, 0.3) is 11.2 Å². The van der Waals surface area contributed by atoms with Gasteiger partial charge in [0.05, 0.1) is 5.75 Å². The number of rotatable bonds is 4. The molecule has 0 saturated carbocycles. The number of fused-ring (bicyclic) bond motifs is 1. The molecule has 0 radical (unpaired) electrons. The van der Waals surface area contributed by atoms with Crippen molar-refractivity contribution in [1.29, 1.82) is 0 Å². The third-order valence-electron chi connectivity index (χ3n) is 3.46. The smallest absolute Gasteiger partial charge is 0.313 e. The van der Waals surface area contributed by atoms with Gasteiger partial charge in [0, 0.05) is 34.5 Å². The van der Waals surface area contributed by atoms with Gasteiger partial charge in [0.1, 0.15) is 5.52 Å². The van der Waals surface area contributed by atoms with Crippen molar-refractivity contribution in [2.75, 3.05) is 17.3 Å². The first-order chi connectivity index (χ1) is 10.1. The Morgan fingerprint density at radius 1 is 1.48 bits per heavy atom.